The van der Waals surface area contributed by atoms with Crippen molar-refractivity contribution in [3.63, 3.8) is 0 Å². The number of fused-ring (bicyclic) bond motifs is 1. The number of alkyl halides is 3. The van der Waals surface area contributed by atoms with Gasteiger partial charge in [-0.1, -0.05) is 6.07 Å². The van der Waals surface area contributed by atoms with Gasteiger partial charge in [0.25, 0.3) is 5.69 Å². The molecule has 0 aliphatic heterocycles. The van der Waals surface area contributed by atoms with Crippen molar-refractivity contribution in [2.75, 3.05) is 0 Å². The summed E-state index contributed by atoms with van der Waals surface area (Å²) in [5, 5.41) is 15.4. The number of non-ortho nitro benzene ring substituents is 1. The van der Waals surface area contributed by atoms with Gasteiger partial charge in [-0.2, -0.15) is 18.3 Å². The summed E-state index contributed by atoms with van der Waals surface area (Å²) in [5.74, 6) is 0. The molecule has 3 aromatic rings. The summed E-state index contributed by atoms with van der Waals surface area (Å²) >= 11 is 0. The van der Waals surface area contributed by atoms with E-state index in [0.29, 0.717) is 10.9 Å². The lowest BCUT2D eigenvalue weighted by Crippen LogP contribution is -2.06. The molecule has 3 rings (SSSR count). The van der Waals surface area contributed by atoms with Gasteiger partial charge in [-0.05, 0) is 24.3 Å². The van der Waals surface area contributed by atoms with Crippen LogP contribution >= 0.6 is 0 Å². The SMILES string of the molecule is O=[N+]([O-])c1ccc2cnn(-c3cccc(C(F)(F)F)c3)c2c1. The van der Waals surface area contributed by atoms with E-state index < -0.39 is 16.7 Å². The zero-order chi connectivity index (χ0) is 15.9. The highest BCUT2D eigenvalue weighted by Crippen LogP contribution is 2.31. The summed E-state index contributed by atoms with van der Waals surface area (Å²) < 4.78 is 39.6. The lowest BCUT2D eigenvalue weighted by Gasteiger charge is -2.09. The highest BCUT2D eigenvalue weighted by Gasteiger charge is 2.30. The smallest absolute Gasteiger partial charge is 0.258 e. The van der Waals surface area contributed by atoms with Crippen LogP contribution in [0.2, 0.25) is 0 Å². The fraction of sp³-hybridized carbons (Fsp3) is 0.0714. The van der Waals surface area contributed by atoms with E-state index >= 15 is 0 Å². The van der Waals surface area contributed by atoms with Crippen LogP contribution in [0.15, 0.2) is 48.7 Å². The van der Waals surface area contributed by atoms with E-state index in [4.69, 9.17) is 0 Å². The Hall–Kier alpha value is -2.90. The lowest BCUT2D eigenvalue weighted by molar-refractivity contribution is -0.384. The van der Waals surface area contributed by atoms with Crippen molar-refractivity contribution in [1.82, 2.24) is 9.78 Å². The molecule has 8 heteroatoms. The second-order valence-electron chi connectivity index (χ2n) is 4.60. The van der Waals surface area contributed by atoms with E-state index in [2.05, 4.69) is 5.10 Å². The van der Waals surface area contributed by atoms with Crippen molar-refractivity contribution < 1.29 is 18.1 Å². The Bertz CT molecular complexity index is 871. The molecule has 0 aliphatic rings. The predicted octanol–water partition coefficient (Wildman–Crippen LogP) is 3.95. The molecule has 0 aliphatic carbocycles. The molecule has 0 amide bonds. The van der Waals surface area contributed by atoms with Crippen LogP contribution in [-0.2, 0) is 6.18 Å². The maximum atomic E-state index is 12.8. The minimum atomic E-state index is -4.47. The standard InChI is InChI=1S/C14H8F3N3O2/c15-14(16,17)10-2-1-3-11(6-10)19-13-7-12(20(21)22)5-4-9(13)8-18-19/h1-8H. The predicted molar refractivity (Wildman–Crippen MR) is 72.7 cm³/mol. The van der Waals surface area contributed by atoms with Gasteiger partial charge in [-0.15, -0.1) is 0 Å². The summed E-state index contributed by atoms with van der Waals surface area (Å²) in [6.45, 7) is 0. The Morgan fingerprint density at radius 1 is 1.14 bits per heavy atom. The van der Waals surface area contributed by atoms with Crippen molar-refractivity contribution in [3.05, 3.63) is 64.3 Å². The first-order chi connectivity index (χ1) is 10.4. The van der Waals surface area contributed by atoms with Gasteiger partial charge in [-0.25, -0.2) is 4.68 Å². The molecular formula is C14H8F3N3O2. The minimum Gasteiger partial charge on any atom is -0.258 e. The normalized spacial score (nSPS) is 11.8. The number of hydrogen-bond acceptors (Lipinski definition) is 3. The van der Waals surface area contributed by atoms with Gasteiger partial charge in [0.15, 0.2) is 0 Å². The van der Waals surface area contributed by atoms with Crippen molar-refractivity contribution in [2.24, 2.45) is 0 Å². The Morgan fingerprint density at radius 3 is 2.59 bits per heavy atom. The molecule has 0 radical (unpaired) electrons. The molecule has 0 atom stereocenters. The molecule has 0 spiro atoms. The first kappa shape index (κ1) is 14.1. The Morgan fingerprint density at radius 2 is 1.91 bits per heavy atom. The fourth-order valence-corrected chi connectivity index (χ4v) is 2.14. The maximum absolute atomic E-state index is 12.8. The van der Waals surface area contributed by atoms with Crippen molar-refractivity contribution >= 4 is 16.6 Å². The molecule has 0 N–H and O–H groups in total. The minimum absolute atomic E-state index is 0.152. The molecule has 0 saturated heterocycles. The van der Waals surface area contributed by atoms with Crippen LogP contribution in [0.1, 0.15) is 5.56 Å². The largest absolute Gasteiger partial charge is 0.416 e. The maximum Gasteiger partial charge on any atom is 0.416 e. The Kier molecular flexibility index (Phi) is 3.09. The zero-order valence-corrected chi connectivity index (χ0v) is 10.9. The van der Waals surface area contributed by atoms with Crippen LogP contribution in [0, 0.1) is 10.1 Å². The van der Waals surface area contributed by atoms with Crippen LogP contribution in [0.25, 0.3) is 16.6 Å². The second kappa shape index (κ2) is 4.83. The van der Waals surface area contributed by atoms with Gasteiger partial charge in [0.1, 0.15) is 0 Å². The molecule has 22 heavy (non-hydrogen) atoms. The quantitative estimate of drug-likeness (QED) is 0.532. The van der Waals surface area contributed by atoms with Crippen molar-refractivity contribution in [3.8, 4) is 5.69 Å². The Balaban J connectivity index is 2.18. The van der Waals surface area contributed by atoms with E-state index in [1.54, 1.807) is 0 Å². The highest BCUT2D eigenvalue weighted by atomic mass is 19.4. The van der Waals surface area contributed by atoms with Crippen molar-refractivity contribution in [1.29, 1.82) is 0 Å². The number of halogens is 3. The topological polar surface area (TPSA) is 61.0 Å². The number of rotatable bonds is 2. The molecule has 0 unspecified atom stereocenters. The molecule has 2 aromatic carbocycles. The monoisotopic (exact) mass is 307 g/mol. The Labute approximate surface area is 121 Å². The molecule has 112 valence electrons. The van der Waals surface area contributed by atoms with Crippen LogP contribution in [0.5, 0.6) is 0 Å². The van der Waals surface area contributed by atoms with Gasteiger partial charge in [0.05, 0.1) is 27.9 Å². The molecule has 0 bridgehead atoms. The summed E-state index contributed by atoms with van der Waals surface area (Å²) in [6, 6.07) is 8.74. The molecule has 1 aromatic heterocycles. The molecule has 1 heterocycles. The number of nitrogens with zero attached hydrogens (tertiary/aromatic N) is 3. The summed E-state index contributed by atoms with van der Waals surface area (Å²) in [7, 11) is 0. The lowest BCUT2D eigenvalue weighted by atomic mass is 10.2. The first-order valence-electron chi connectivity index (χ1n) is 6.16. The van der Waals surface area contributed by atoms with Crippen molar-refractivity contribution in [2.45, 2.75) is 6.18 Å². The van der Waals surface area contributed by atoms with Gasteiger partial charge in [-0.3, -0.25) is 10.1 Å². The average Bonchev–Trinajstić information content (AvgIpc) is 2.89. The number of hydrogen-bond donors (Lipinski definition) is 0. The number of nitro benzene ring substituents is 1. The van der Waals surface area contributed by atoms with E-state index in [0.717, 1.165) is 12.1 Å². The van der Waals surface area contributed by atoms with Gasteiger partial charge in [0, 0.05) is 17.5 Å². The third-order valence-corrected chi connectivity index (χ3v) is 3.18. The average molecular weight is 307 g/mol. The zero-order valence-electron chi connectivity index (χ0n) is 10.9. The summed E-state index contributed by atoms with van der Waals surface area (Å²) in [4.78, 5) is 10.3. The van der Waals surface area contributed by atoms with Crippen LogP contribution < -0.4 is 0 Å². The van der Waals surface area contributed by atoms with Gasteiger partial charge >= 0.3 is 6.18 Å². The number of nitro groups is 1. The number of benzene rings is 2. The van der Waals surface area contributed by atoms with Gasteiger partial charge < -0.3 is 0 Å². The van der Waals surface area contributed by atoms with E-state index in [1.807, 2.05) is 0 Å². The third kappa shape index (κ3) is 2.39. The molecule has 0 saturated carbocycles. The van der Waals surface area contributed by atoms with E-state index in [9.17, 15) is 23.3 Å². The second-order valence-corrected chi connectivity index (χ2v) is 4.60. The summed E-state index contributed by atoms with van der Waals surface area (Å²) in [5.41, 5.74) is -0.404. The van der Waals surface area contributed by atoms with Crippen LogP contribution in [-0.4, -0.2) is 14.7 Å². The van der Waals surface area contributed by atoms with E-state index in [1.165, 1.54) is 41.2 Å². The van der Waals surface area contributed by atoms with Gasteiger partial charge in [0.2, 0.25) is 0 Å². The molecular weight excluding hydrogens is 299 g/mol. The first-order valence-corrected chi connectivity index (χ1v) is 6.16. The fourth-order valence-electron chi connectivity index (χ4n) is 2.14. The molecule has 5 nitrogen and oxygen atoms in total. The van der Waals surface area contributed by atoms with Crippen LogP contribution in [0.3, 0.4) is 0 Å². The molecule has 0 fully saturated rings. The highest BCUT2D eigenvalue weighted by molar-refractivity contribution is 5.82. The number of aromatic nitrogens is 2. The third-order valence-electron chi connectivity index (χ3n) is 3.18. The van der Waals surface area contributed by atoms with Crippen LogP contribution in [0.4, 0.5) is 18.9 Å². The summed E-state index contributed by atoms with van der Waals surface area (Å²) in [6.07, 6.45) is -3.02. The van der Waals surface area contributed by atoms with E-state index in [-0.39, 0.29) is 11.4 Å².